The van der Waals surface area contributed by atoms with Crippen molar-refractivity contribution in [2.45, 2.75) is 99.8 Å². The molecule has 29 heavy (non-hydrogen) atoms. The number of carbonyl (C=O) groups is 1. The van der Waals surface area contributed by atoms with Gasteiger partial charge in [0.1, 0.15) is 0 Å². The lowest BCUT2D eigenvalue weighted by Crippen LogP contribution is -2.40. The second-order valence-electron chi connectivity index (χ2n) is 8.62. The highest BCUT2D eigenvalue weighted by molar-refractivity contribution is 6.30. The molecule has 1 amide bonds. The number of carbonyl (C=O) groups excluding carboxylic acids is 1. The van der Waals surface area contributed by atoms with Gasteiger partial charge >= 0.3 is 0 Å². The fourth-order valence-electron chi connectivity index (χ4n) is 4.19. The van der Waals surface area contributed by atoms with Crippen LogP contribution in [-0.2, 0) is 17.6 Å². The zero-order chi connectivity index (χ0) is 22.0. The zero-order valence-electron chi connectivity index (χ0n) is 19.8. The van der Waals surface area contributed by atoms with E-state index in [1.165, 1.54) is 16.7 Å². The second-order valence-corrected chi connectivity index (χ2v) is 9.06. The van der Waals surface area contributed by atoms with E-state index in [1.54, 1.807) is 0 Å². The zero-order valence-corrected chi connectivity index (χ0v) is 20.5. The van der Waals surface area contributed by atoms with E-state index in [9.17, 15) is 4.79 Å². The molecule has 1 aliphatic rings. The lowest BCUT2D eigenvalue weighted by atomic mass is 9.73. The Hall–Kier alpha value is -1.28. The first-order valence-corrected chi connectivity index (χ1v) is 12.0. The molecule has 1 unspecified atom stereocenters. The van der Waals surface area contributed by atoms with Crippen molar-refractivity contribution >= 4 is 17.5 Å². The van der Waals surface area contributed by atoms with Crippen molar-refractivity contribution in [1.82, 2.24) is 5.32 Å². The number of allylic oxidation sites excluding steroid dienone is 2. The number of amides is 1. The second kappa shape index (κ2) is 12.4. The lowest BCUT2D eigenvalue weighted by Gasteiger charge is -2.32. The Bertz CT molecular complexity index is 692. The quantitative estimate of drug-likeness (QED) is 0.456. The summed E-state index contributed by atoms with van der Waals surface area (Å²) in [5.74, 6) is 0.869. The SMILES string of the molecule is CC.CCCC1(CCC(C)C)CCC(C)=C(Cc2ccc(Cl)cc2CC)NC1=O. The topological polar surface area (TPSA) is 29.1 Å². The first-order chi connectivity index (χ1) is 13.8. The Morgan fingerprint density at radius 1 is 1.14 bits per heavy atom. The summed E-state index contributed by atoms with van der Waals surface area (Å²) >= 11 is 6.17. The minimum absolute atomic E-state index is 0.213. The largest absolute Gasteiger partial charge is 0.329 e. The number of hydrogen-bond donors (Lipinski definition) is 1. The van der Waals surface area contributed by atoms with Crippen LogP contribution in [0.4, 0.5) is 0 Å². The van der Waals surface area contributed by atoms with Crippen LogP contribution in [0.5, 0.6) is 0 Å². The molecule has 0 bridgehead atoms. The highest BCUT2D eigenvalue weighted by Gasteiger charge is 2.39. The molecule has 0 spiro atoms. The molecule has 0 aliphatic carbocycles. The van der Waals surface area contributed by atoms with Crippen LogP contribution in [-0.4, -0.2) is 5.91 Å². The van der Waals surface area contributed by atoms with Crippen LogP contribution in [0.2, 0.25) is 5.02 Å². The van der Waals surface area contributed by atoms with Gasteiger partial charge < -0.3 is 5.32 Å². The Morgan fingerprint density at radius 3 is 2.41 bits per heavy atom. The molecule has 0 radical (unpaired) electrons. The Balaban J connectivity index is 0.00000204. The fraction of sp³-hybridized carbons (Fsp3) is 0.654. The molecule has 1 aromatic carbocycles. The van der Waals surface area contributed by atoms with Gasteiger partial charge in [-0.3, -0.25) is 4.79 Å². The number of nitrogens with one attached hydrogen (secondary N) is 1. The molecule has 2 rings (SSSR count). The van der Waals surface area contributed by atoms with Gasteiger partial charge in [0.25, 0.3) is 0 Å². The maximum atomic E-state index is 13.3. The lowest BCUT2D eigenvalue weighted by molar-refractivity contribution is -0.131. The molecule has 1 aliphatic heterocycles. The number of rotatable bonds is 8. The van der Waals surface area contributed by atoms with Crippen LogP contribution < -0.4 is 5.32 Å². The normalized spacial score (nSPS) is 19.6. The molecule has 3 heteroatoms. The summed E-state index contributed by atoms with van der Waals surface area (Å²) < 4.78 is 0. The standard InChI is InChI=1S/C24H36ClNO.C2H6/c1-6-12-24(13-10-17(3)4)14-11-18(5)22(26-23(24)27)16-20-8-9-21(25)15-19(20)7-2;1-2/h8-9,15,17H,6-7,10-14,16H2,1-5H3,(H,26,27);1-2H3. The van der Waals surface area contributed by atoms with Crippen LogP contribution in [0.15, 0.2) is 29.5 Å². The molecule has 164 valence electrons. The molecule has 1 heterocycles. The Labute approximate surface area is 184 Å². The van der Waals surface area contributed by atoms with Gasteiger partial charge in [0.15, 0.2) is 0 Å². The van der Waals surface area contributed by atoms with Crippen molar-refractivity contribution in [3.05, 3.63) is 45.6 Å². The van der Waals surface area contributed by atoms with Crippen molar-refractivity contribution in [3.8, 4) is 0 Å². The van der Waals surface area contributed by atoms with Crippen LogP contribution in [0.3, 0.4) is 0 Å². The molecule has 2 nitrogen and oxygen atoms in total. The third-order valence-corrected chi connectivity index (χ3v) is 6.32. The highest BCUT2D eigenvalue weighted by Crippen LogP contribution is 2.40. The van der Waals surface area contributed by atoms with Crippen molar-refractivity contribution in [1.29, 1.82) is 0 Å². The van der Waals surface area contributed by atoms with E-state index in [2.05, 4.69) is 52.1 Å². The summed E-state index contributed by atoms with van der Waals surface area (Å²) in [6, 6.07) is 6.11. The molecule has 1 N–H and O–H groups in total. The third-order valence-electron chi connectivity index (χ3n) is 6.09. The fourth-order valence-corrected chi connectivity index (χ4v) is 4.39. The highest BCUT2D eigenvalue weighted by atomic mass is 35.5. The number of benzene rings is 1. The van der Waals surface area contributed by atoms with Crippen LogP contribution >= 0.6 is 11.6 Å². The van der Waals surface area contributed by atoms with Crippen molar-refractivity contribution in [2.24, 2.45) is 11.3 Å². The first kappa shape index (κ1) is 25.8. The molecular formula is C26H42ClNO. The van der Waals surface area contributed by atoms with E-state index in [1.807, 2.05) is 19.9 Å². The van der Waals surface area contributed by atoms with Gasteiger partial charge in [-0.15, -0.1) is 0 Å². The van der Waals surface area contributed by atoms with E-state index >= 15 is 0 Å². The molecule has 1 atom stereocenters. The van der Waals surface area contributed by atoms with Gasteiger partial charge in [-0.1, -0.05) is 71.2 Å². The molecule has 0 fully saturated rings. The average molecular weight is 420 g/mol. The summed E-state index contributed by atoms with van der Waals surface area (Å²) in [5.41, 5.74) is 4.74. The Kier molecular flexibility index (Phi) is 11.0. The summed E-state index contributed by atoms with van der Waals surface area (Å²) in [4.78, 5) is 13.3. The van der Waals surface area contributed by atoms with E-state index in [0.29, 0.717) is 5.92 Å². The van der Waals surface area contributed by atoms with Gasteiger partial charge in [0.2, 0.25) is 5.91 Å². The van der Waals surface area contributed by atoms with Crippen molar-refractivity contribution < 1.29 is 4.79 Å². The third kappa shape index (κ3) is 7.17. The van der Waals surface area contributed by atoms with Gasteiger partial charge in [-0.2, -0.15) is 0 Å². The van der Waals surface area contributed by atoms with E-state index in [-0.39, 0.29) is 11.3 Å². The minimum atomic E-state index is -0.213. The smallest absolute Gasteiger partial charge is 0.230 e. The van der Waals surface area contributed by atoms with Crippen molar-refractivity contribution in [2.75, 3.05) is 0 Å². The van der Waals surface area contributed by atoms with Crippen molar-refractivity contribution in [3.63, 3.8) is 0 Å². The predicted octanol–water partition coefficient (Wildman–Crippen LogP) is 7.88. The number of halogens is 1. The monoisotopic (exact) mass is 419 g/mol. The van der Waals surface area contributed by atoms with Gasteiger partial charge in [0.05, 0.1) is 0 Å². The van der Waals surface area contributed by atoms with Crippen LogP contribution in [0.25, 0.3) is 0 Å². The molecular weight excluding hydrogens is 378 g/mol. The molecule has 0 aromatic heterocycles. The minimum Gasteiger partial charge on any atom is -0.329 e. The van der Waals surface area contributed by atoms with E-state index in [0.717, 1.165) is 62.1 Å². The Morgan fingerprint density at radius 2 is 1.83 bits per heavy atom. The molecule has 1 aromatic rings. The average Bonchev–Trinajstić information content (AvgIpc) is 2.81. The van der Waals surface area contributed by atoms with Gasteiger partial charge in [-0.25, -0.2) is 0 Å². The first-order valence-electron chi connectivity index (χ1n) is 11.6. The van der Waals surface area contributed by atoms with E-state index < -0.39 is 0 Å². The predicted molar refractivity (Wildman–Crippen MR) is 127 cm³/mol. The van der Waals surface area contributed by atoms with Gasteiger partial charge in [0, 0.05) is 22.6 Å². The van der Waals surface area contributed by atoms with Crippen LogP contribution in [0, 0.1) is 11.3 Å². The maximum Gasteiger partial charge on any atom is 0.230 e. The number of aryl methyl sites for hydroxylation is 1. The summed E-state index contributed by atoms with van der Waals surface area (Å²) in [6.45, 7) is 15.0. The van der Waals surface area contributed by atoms with Gasteiger partial charge in [-0.05, 0) is 74.6 Å². The maximum absolute atomic E-state index is 13.3. The molecule has 0 saturated heterocycles. The van der Waals surface area contributed by atoms with E-state index in [4.69, 9.17) is 11.6 Å². The summed E-state index contributed by atoms with van der Waals surface area (Å²) in [5, 5.41) is 4.13. The number of hydrogen-bond acceptors (Lipinski definition) is 1. The summed E-state index contributed by atoms with van der Waals surface area (Å²) in [7, 11) is 0. The van der Waals surface area contributed by atoms with Crippen LogP contribution in [0.1, 0.15) is 98.1 Å². The molecule has 0 saturated carbocycles. The summed E-state index contributed by atoms with van der Waals surface area (Å²) in [6.07, 6.45) is 7.83.